The smallest absolute Gasteiger partial charge is 0.231 e. The van der Waals surface area contributed by atoms with Gasteiger partial charge in [0.1, 0.15) is 30.2 Å². The highest BCUT2D eigenvalue weighted by atomic mass is 19.1. The highest BCUT2D eigenvalue weighted by Crippen LogP contribution is 2.39. The van der Waals surface area contributed by atoms with Crippen molar-refractivity contribution in [3.05, 3.63) is 64.7 Å². The molecule has 2 aromatic carbocycles. The zero-order chi connectivity index (χ0) is 19.4. The van der Waals surface area contributed by atoms with Crippen LogP contribution in [0.15, 0.2) is 42.2 Å². The van der Waals surface area contributed by atoms with Crippen LogP contribution in [0.4, 0.5) is 4.39 Å². The molecule has 134 valence electrons. The van der Waals surface area contributed by atoms with Crippen molar-refractivity contribution in [2.45, 2.75) is 6.54 Å². The Morgan fingerprint density at radius 2 is 1.85 bits per heavy atom. The summed E-state index contributed by atoms with van der Waals surface area (Å²) in [6.07, 6.45) is 1.31. The number of hydrogen-bond acceptors (Lipinski definition) is 5. The van der Waals surface area contributed by atoms with E-state index in [1.54, 1.807) is 12.1 Å². The molecule has 0 unspecified atom stereocenters. The van der Waals surface area contributed by atoms with Crippen molar-refractivity contribution in [3.8, 4) is 23.6 Å². The minimum absolute atomic E-state index is 0.0518. The molecule has 7 heteroatoms. The number of nitriles is 2. The molecule has 0 amide bonds. The van der Waals surface area contributed by atoms with Gasteiger partial charge in [-0.25, -0.2) is 4.39 Å². The van der Waals surface area contributed by atoms with Gasteiger partial charge in [-0.15, -0.1) is 0 Å². The molecule has 6 nitrogen and oxygen atoms in total. The van der Waals surface area contributed by atoms with Gasteiger partial charge in [0.05, 0.1) is 11.1 Å². The van der Waals surface area contributed by atoms with Crippen LogP contribution in [0.25, 0.3) is 6.08 Å². The molecule has 1 aliphatic rings. The second-order valence-corrected chi connectivity index (χ2v) is 6.00. The van der Waals surface area contributed by atoms with Gasteiger partial charge >= 0.3 is 0 Å². The molecule has 0 spiro atoms. The van der Waals surface area contributed by atoms with Crippen molar-refractivity contribution in [3.63, 3.8) is 0 Å². The number of carbonyl (C=O) groups excluding carboxylic acids is 1. The van der Waals surface area contributed by atoms with E-state index in [0.29, 0.717) is 10.5 Å². The van der Waals surface area contributed by atoms with E-state index in [2.05, 4.69) is 0 Å². The van der Waals surface area contributed by atoms with Gasteiger partial charge in [-0.3, -0.25) is 4.79 Å². The second kappa shape index (κ2) is 7.69. The molecule has 0 radical (unpaired) electrons. The molecule has 0 aliphatic carbocycles. The topological polar surface area (TPSA) is 98.6 Å². The number of benzene rings is 2. The summed E-state index contributed by atoms with van der Waals surface area (Å²) in [5.41, 5.74) is 0.789. The lowest BCUT2D eigenvalue weighted by atomic mass is 10.0. The Bertz CT molecular complexity index is 1000. The lowest BCUT2D eigenvalue weighted by molar-refractivity contribution is -0.899. The molecule has 0 bridgehead atoms. The summed E-state index contributed by atoms with van der Waals surface area (Å²) in [4.78, 5) is 13.2. The van der Waals surface area contributed by atoms with Crippen LogP contribution in [0.2, 0.25) is 0 Å². The van der Waals surface area contributed by atoms with Crippen molar-refractivity contribution >= 4 is 11.9 Å². The second-order valence-electron chi connectivity index (χ2n) is 6.00. The first-order valence-corrected chi connectivity index (χ1v) is 8.16. The first-order chi connectivity index (χ1) is 13.0. The maximum absolute atomic E-state index is 13.9. The summed E-state index contributed by atoms with van der Waals surface area (Å²) in [5.74, 6) is -0.877. The molecule has 1 heterocycles. The third-order valence-corrected chi connectivity index (χ3v) is 4.19. The molecule has 0 fully saturated rings. The van der Waals surface area contributed by atoms with Crippen molar-refractivity contribution in [2.24, 2.45) is 0 Å². The summed E-state index contributed by atoms with van der Waals surface area (Å²) >= 11 is 0. The first kappa shape index (κ1) is 18.1. The lowest BCUT2D eigenvalue weighted by Gasteiger charge is -2.15. The number of carbonyl (C=O) groups is 1. The zero-order valence-electron chi connectivity index (χ0n) is 14.2. The van der Waals surface area contributed by atoms with Crippen LogP contribution in [0, 0.1) is 28.5 Å². The molecule has 27 heavy (non-hydrogen) atoms. The van der Waals surface area contributed by atoms with E-state index in [1.165, 1.54) is 30.3 Å². The minimum atomic E-state index is -0.487. The van der Waals surface area contributed by atoms with E-state index in [4.69, 9.17) is 15.3 Å². The van der Waals surface area contributed by atoms with Gasteiger partial charge < -0.3 is 14.7 Å². The molecule has 2 N–H and O–H groups in total. The molecule has 2 aromatic rings. The highest BCUT2D eigenvalue weighted by molar-refractivity contribution is 6.15. The molecule has 1 aliphatic heterocycles. The van der Waals surface area contributed by atoms with Gasteiger partial charge in [0.2, 0.25) is 5.78 Å². The summed E-state index contributed by atoms with van der Waals surface area (Å²) in [6, 6.07) is 12.8. The normalized spacial score (nSPS) is 13.9. The number of halogens is 1. The third kappa shape index (κ3) is 3.64. The van der Waals surface area contributed by atoms with E-state index in [1.807, 2.05) is 12.1 Å². The number of fused-ring (bicyclic) bond motifs is 1. The van der Waals surface area contributed by atoms with Gasteiger partial charge in [0, 0.05) is 5.56 Å². The van der Waals surface area contributed by atoms with E-state index < -0.39 is 11.6 Å². The fourth-order valence-electron chi connectivity index (χ4n) is 2.86. The predicted molar refractivity (Wildman–Crippen MR) is 93.1 cm³/mol. The molecule has 0 aromatic heterocycles. The number of hydrogen-bond donors (Lipinski definition) is 2. The average Bonchev–Trinajstić information content (AvgIpc) is 2.96. The fourth-order valence-corrected chi connectivity index (χ4v) is 2.86. The predicted octanol–water partition coefficient (Wildman–Crippen LogP) is 1.58. The van der Waals surface area contributed by atoms with Gasteiger partial charge in [-0.1, -0.05) is 18.2 Å². The van der Waals surface area contributed by atoms with Gasteiger partial charge in [-0.05, 0) is 24.3 Å². The Morgan fingerprint density at radius 3 is 2.52 bits per heavy atom. The van der Waals surface area contributed by atoms with E-state index in [9.17, 15) is 14.3 Å². The van der Waals surface area contributed by atoms with E-state index >= 15 is 0 Å². The Morgan fingerprint density at radius 1 is 1.15 bits per heavy atom. The van der Waals surface area contributed by atoms with Gasteiger partial charge in [0.15, 0.2) is 24.6 Å². The minimum Gasteiger partial charge on any atom is -0.507 e. The lowest BCUT2D eigenvalue weighted by Crippen LogP contribution is -3.10. The SMILES string of the molecule is N#CC[NH+](CC#N)Cc1c(O)ccc2c1O/C(=C/c1ccccc1F)C2=O. The van der Waals surface area contributed by atoms with Crippen molar-refractivity contribution in [2.75, 3.05) is 13.1 Å². The summed E-state index contributed by atoms with van der Waals surface area (Å²) < 4.78 is 19.5. The molecule has 0 saturated heterocycles. The molecule has 0 saturated carbocycles. The number of nitrogens with one attached hydrogen (secondary N) is 1. The molecular weight excluding hydrogens is 349 g/mol. The Hall–Kier alpha value is -3.68. The number of aromatic hydroxyl groups is 1. The van der Waals surface area contributed by atoms with E-state index in [-0.39, 0.29) is 48.0 Å². The number of ketones is 1. The largest absolute Gasteiger partial charge is 0.507 e. The van der Waals surface area contributed by atoms with Crippen LogP contribution in [-0.4, -0.2) is 24.0 Å². The van der Waals surface area contributed by atoms with Crippen molar-refractivity contribution in [1.29, 1.82) is 10.5 Å². The van der Waals surface area contributed by atoms with Crippen LogP contribution in [0.5, 0.6) is 11.5 Å². The number of phenols is 1. The number of allylic oxidation sites excluding steroid dienone is 1. The summed E-state index contributed by atoms with van der Waals surface area (Å²) in [5, 5.41) is 28.0. The Labute approximate surface area is 154 Å². The zero-order valence-corrected chi connectivity index (χ0v) is 14.2. The van der Waals surface area contributed by atoms with Crippen molar-refractivity contribution < 1.29 is 23.9 Å². The number of nitrogens with zero attached hydrogens (tertiary/aromatic N) is 2. The van der Waals surface area contributed by atoms with E-state index in [0.717, 1.165) is 0 Å². The highest BCUT2D eigenvalue weighted by Gasteiger charge is 2.32. The Kier molecular flexibility index (Phi) is 5.16. The van der Waals surface area contributed by atoms with Crippen LogP contribution in [0.1, 0.15) is 21.5 Å². The number of quaternary nitrogens is 1. The van der Waals surface area contributed by atoms with Crippen LogP contribution in [0.3, 0.4) is 0 Å². The van der Waals surface area contributed by atoms with Crippen LogP contribution >= 0.6 is 0 Å². The Balaban J connectivity index is 1.98. The van der Waals surface area contributed by atoms with Gasteiger partial charge in [-0.2, -0.15) is 10.5 Å². The maximum atomic E-state index is 13.9. The van der Waals surface area contributed by atoms with Crippen molar-refractivity contribution in [1.82, 2.24) is 0 Å². The number of rotatable bonds is 5. The number of ether oxygens (including phenoxy) is 1. The first-order valence-electron chi connectivity index (χ1n) is 8.16. The third-order valence-electron chi connectivity index (χ3n) is 4.19. The molecular formula is C20H15FN3O3+. The average molecular weight is 364 g/mol. The summed E-state index contributed by atoms with van der Waals surface area (Å²) in [7, 11) is 0. The fraction of sp³-hybridized carbons (Fsp3) is 0.150. The van der Waals surface area contributed by atoms with Crippen LogP contribution in [-0.2, 0) is 6.54 Å². The maximum Gasteiger partial charge on any atom is 0.231 e. The quantitative estimate of drug-likeness (QED) is 0.620. The molecule has 3 rings (SSSR count). The molecule has 0 atom stereocenters. The number of Topliss-reactive ketones (excluding diaryl/α,β-unsaturated/α-hetero) is 1. The van der Waals surface area contributed by atoms with Crippen LogP contribution < -0.4 is 9.64 Å². The van der Waals surface area contributed by atoms with Gasteiger partial charge in [0.25, 0.3) is 0 Å². The monoisotopic (exact) mass is 364 g/mol. The number of phenolic OH excluding ortho intramolecular Hbond substituents is 1. The standard InChI is InChI=1S/C20H14FN3O3/c21-16-4-2-1-3-13(16)11-18-19(26)14-5-6-17(25)15(20(14)27-18)12-24(9-7-22)10-8-23/h1-6,11,25H,9-10,12H2/p+1/b18-11+. The summed E-state index contributed by atoms with van der Waals surface area (Å²) in [6.45, 7) is 0.251.